The van der Waals surface area contributed by atoms with E-state index in [0.29, 0.717) is 0 Å². The molecule has 0 aliphatic carbocycles. The maximum Gasteiger partial charge on any atom is 0.305 e. The summed E-state index contributed by atoms with van der Waals surface area (Å²) >= 11 is 0. The molecule has 0 aliphatic rings. The molecule has 2 atom stereocenters. The monoisotopic (exact) mass is 216 g/mol. The third-order valence-corrected chi connectivity index (χ3v) is 2.17. The standard InChI is InChI=1S/C10H20N2O3/c1-6(2)8(11)5-9(13)12-7(3)4-10(14)15/h6-8H,4-5,11H2,1-3H3,(H,12,13)(H,14,15). The van der Waals surface area contributed by atoms with E-state index in [1.54, 1.807) is 6.92 Å². The molecule has 5 nitrogen and oxygen atoms in total. The smallest absolute Gasteiger partial charge is 0.305 e. The molecule has 5 heteroatoms. The highest BCUT2D eigenvalue weighted by atomic mass is 16.4. The van der Waals surface area contributed by atoms with Gasteiger partial charge in [0, 0.05) is 18.5 Å². The van der Waals surface area contributed by atoms with Crippen LogP contribution in [-0.2, 0) is 9.59 Å². The minimum absolute atomic E-state index is 0.0668. The van der Waals surface area contributed by atoms with E-state index in [0.717, 1.165) is 0 Å². The molecule has 0 aliphatic heterocycles. The van der Waals surface area contributed by atoms with Gasteiger partial charge in [-0.2, -0.15) is 0 Å². The fourth-order valence-corrected chi connectivity index (χ4v) is 1.10. The number of hydrogen-bond donors (Lipinski definition) is 3. The Hall–Kier alpha value is -1.10. The van der Waals surface area contributed by atoms with Crippen LogP contribution in [0.4, 0.5) is 0 Å². The van der Waals surface area contributed by atoms with E-state index >= 15 is 0 Å². The summed E-state index contributed by atoms with van der Waals surface area (Å²) in [6.45, 7) is 5.55. The van der Waals surface area contributed by atoms with Crippen LogP contribution in [0.15, 0.2) is 0 Å². The molecule has 0 fully saturated rings. The van der Waals surface area contributed by atoms with Crippen molar-refractivity contribution in [1.29, 1.82) is 0 Å². The fraction of sp³-hybridized carbons (Fsp3) is 0.800. The summed E-state index contributed by atoms with van der Waals surface area (Å²) in [6, 6.07) is -0.531. The van der Waals surface area contributed by atoms with Crippen molar-refractivity contribution in [2.24, 2.45) is 11.7 Å². The quantitative estimate of drug-likeness (QED) is 0.597. The number of aliphatic carboxylic acids is 1. The molecule has 0 radical (unpaired) electrons. The van der Waals surface area contributed by atoms with Gasteiger partial charge in [-0.3, -0.25) is 9.59 Å². The van der Waals surface area contributed by atoms with E-state index in [4.69, 9.17) is 10.8 Å². The van der Waals surface area contributed by atoms with Crippen LogP contribution >= 0.6 is 0 Å². The van der Waals surface area contributed by atoms with Gasteiger partial charge in [0.05, 0.1) is 6.42 Å². The molecule has 0 spiro atoms. The van der Waals surface area contributed by atoms with Gasteiger partial charge in [0.2, 0.25) is 5.91 Å². The summed E-state index contributed by atoms with van der Waals surface area (Å²) in [7, 11) is 0. The Balaban J connectivity index is 3.88. The van der Waals surface area contributed by atoms with Crippen LogP contribution in [0.3, 0.4) is 0 Å². The van der Waals surface area contributed by atoms with Gasteiger partial charge in [0.1, 0.15) is 0 Å². The number of carboxylic acids is 1. The lowest BCUT2D eigenvalue weighted by Crippen LogP contribution is -2.39. The fourth-order valence-electron chi connectivity index (χ4n) is 1.10. The van der Waals surface area contributed by atoms with Crippen LogP contribution in [0.2, 0.25) is 0 Å². The van der Waals surface area contributed by atoms with Crippen molar-refractivity contribution >= 4 is 11.9 Å². The van der Waals surface area contributed by atoms with Crippen LogP contribution in [0, 0.1) is 5.92 Å². The first-order valence-corrected chi connectivity index (χ1v) is 5.09. The van der Waals surface area contributed by atoms with Gasteiger partial charge in [-0.15, -0.1) is 0 Å². The molecule has 1 amide bonds. The Bertz CT molecular complexity index is 229. The Kier molecular flexibility index (Phi) is 5.93. The van der Waals surface area contributed by atoms with E-state index in [9.17, 15) is 9.59 Å². The molecule has 2 unspecified atom stereocenters. The second-order valence-corrected chi connectivity index (χ2v) is 4.18. The second kappa shape index (κ2) is 6.40. The van der Waals surface area contributed by atoms with Crippen molar-refractivity contribution in [2.45, 2.75) is 45.7 Å². The highest BCUT2D eigenvalue weighted by Gasteiger charge is 2.15. The minimum Gasteiger partial charge on any atom is -0.481 e. The SMILES string of the molecule is CC(CC(=O)O)NC(=O)CC(N)C(C)C. The zero-order chi connectivity index (χ0) is 12.0. The van der Waals surface area contributed by atoms with Crippen molar-refractivity contribution in [3.05, 3.63) is 0 Å². The van der Waals surface area contributed by atoms with Crippen LogP contribution in [-0.4, -0.2) is 29.1 Å². The average Bonchev–Trinajstić information content (AvgIpc) is 2.00. The number of rotatable bonds is 6. The molecule has 0 bridgehead atoms. The molecule has 0 aromatic rings. The van der Waals surface area contributed by atoms with Gasteiger partial charge in [0.15, 0.2) is 0 Å². The lowest BCUT2D eigenvalue weighted by molar-refractivity contribution is -0.137. The number of carboxylic acid groups (broad SMARTS) is 1. The predicted octanol–water partition coefficient (Wildman–Crippen LogP) is 0.339. The Morgan fingerprint density at radius 2 is 1.80 bits per heavy atom. The van der Waals surface area contributed by atoms with Gasteiger partial charge in [-0.05, 0) is 12.8 Å². The number of nitrogens with one attached hydrogen (secondary N) is 1. The Morgan fingerprint density at radius 3 is 2.20 bits per heavy atom. The van der Waals surface area contributed by atoms with Crippen LogP contribution in [0.1, 0.15) is 33.6 Å². The number of carbonyl (C=O) groups is 2. The molecule has 0 aromatic heterocycles. The maximum absolute atomic E-state index is 11.4. The highest BCUT2D eigenvalue weighted by Crippen LogP contribution is 2.03. The van der Waals surface area contributed by atoms with Crippen LogP contribution in [0.5, 0.6) is 0 Å². The molecular weight excluding hydrogens is 196 g/mol. The van der Waals surface area contributed by atoms with Gasteiger partial charge >= 0.3 is 5.97 Å². The second-order valence-electron chi connectivity index (χ2n) is 4.18. The molecule has 0 rings (SSSR count). The highest BCUT2D eigenvalue weighted by molar-refractivity contribution is 5.77. The minimum atomic E-state index is -0.920. The van der Waals surface area contributed by atoms with E-state index in [1.165, 1.54) is 0 Å². The van der Waals surface area contributed by atoms with Crippen molar-refractivity contribution in [2.75, 3.05) is 0 Å². The first-order valence-electron chi connectivity index (χ1n) is 5.09. The summed E-state index contributed by atoms with van der Waals surface area (Å²) in [5, 5.41) is 11.1. The largest absolute Gasteiger partial charge is 0.481 e. The number of carbonyl (C=O) groups excluding carboxylic acids is 1. The first-order chi connectivity index (χ1) is 6.82. The summed E-state index contributed by atoms with van der Waals surface area (Å²) < 4.78 is 0. The predicted molar refractivity (Wildman–Crippen MR) is 57.3 cm³/mol. The molecular formula is C10H20N2O3. The third-order valence-electron chi connectivity index (χ3n) is 2.17. The Labute approximate surface area is 90.0 Å². The third kappa shape index (κ3) is 6.90. The zero-order valence-electron chi connectivity index (χ0n) is 9.49. The maximum atomic E-state index is 11.4. The van der Waals surface area contributed by atoms with Gasteiger partial charge in [0.25, 0.3) is 0 Å². The van der Waals surface area contributed by atoms with E-state index in [2.05, 4.69) is 5.32 Å². The molecule has 0 aromatic carbocycles. The van der Waals surface area contributed by atoms with Crippen LogP contribution in [0.25, 0.3) is 0 Å². The summed E-state index contributed by atoms with van der Waals surface area (Å²) in [6.07, 6.45) is 0.171. The summed E-state index contributed by atoms with van der Waals surface area (Å²) in [4.78, 5) is 21.7. The lowest BCUT2D eigenvalue weighted by Gasteiger charge is -2.17. The zero-order valence-corrected chi connectivity index (χ0v) is 9.49. The Morgan fingerprint density at radius 1 is 1.27 bits per heavy atom. The molecule has 0 saturated carbocycles. The normalized spacial score (nSPS) is 14.7. The van der Waals surface area contributed by atoms with E-state index in [1.807, 2.05) is 13.8 Å². The van der Waals surface area contributed by atoms with Crippen molar-refractivity contribution in [3.63, 3.8) is 0 Å². The van der Waals surface area contributed by atoms with Crippen molar-refractivity contribution in [1.82, 2.24) is 5.32 Å². The molecule has 15 heavy (non-hydrogen) atoms. The van der Waals surface area contributed by atoms with Gasteiger partial charge in [-0.25, -0.2) is 0 Å². The topological polar surface area (TPSA) is 92.4 Å². The average molecular weight is 216 g/mol. The molecule has 4 N–H and O–H groups in total. The summed E-state index contributed by atoms with van der Waals surface area (Å²) in [5.41, 5.74) is 5.72. The van der Waals surface area contributed by atoms with Gasteiger partial charge in [-0.1, -0.05) is 13.8 Å². The van der Waals surface area contributed by atoms with E-state index in [-0.39, 0.29) is 36.8 Å². The van der Waals surface area contributed by atoms with Crippen molar-refractivity contribution < 1.29 is 14.7 Å². The number of hydrogen-bond acceptors (Lipinski definition) is 3. The molecule has 0 saturated heterocycles. The molecule has 88 valence electrons. The van der Waals surface area contributed by atoms with Crippen molar-refractivity contribution in [3.8, 4) is 0 Å². The number of nitrogens with two attached hydrogens (primary N) is 1. The van der Waals surface area contributed by atoms with E-state index < -0.39 is 5.97 Å². The van der Waals surface area contributed by atoms with Crippen LogP contribution < -0.4 is 11.1 Å². The lowest BCUT2D eigenvalue weighted by atomic mass is 10.0. The van der Waals surface area contributed by atoms with Gasteiger partial charge < -0.3 is 16.2 Å². The summed E-state index contributed by atoms with van der Waals surface area (Å²) in [5.74, 6) is -0.869. The molecule has 0 heterocycles. The first kappa shape index (κ1) is 13.9. The number of amides is 1.